The molecule has 0 atom stereocenters. The number of aromatic nitrogens is 6. The fourth-order valence-electron chi connectivity index (χ4n) is 2.14. The first-order valence-corrected chi connectivity index (χ1v) is 10.8. The number of rotatable bonds is 4. The molecule has 16 heteroatoms. The maximum Gasteiger partial charge on any atom is 4.00 e. The number of nitrogens with zero attached hydrogens (tertiary/aromatic N) is 6. The Hall–Kier alpha value is -2.74. The molecule has 0 unspecified atom stereocenters. The Labute approximate surface area is 232 Å². The summed E-state index contributed by atoms with van der Waals surface area (Å²) in [6.45, 7) is 0. The Balaban J connectivity index is 0.000000321. The van der Waals surface area contributed by atoms with Gasteiger partial charge < -0.3 is 27.2 Å². The van der Waals surface area contributed by atoms with Crippen LogP contribution in [0.3, 0.4) is 0 Å². The van der Waals surface area contributed by atoms with Crippen LogP contribution < -0.4 is 21.7 Å². The van der Waals surface area contributed by atoms with Crippen LogP contribution in [0, 0.1) is 7.14 Å². The molecule has 0 saturated heterocycles. The Morgan fingerprint density at radius 1 is 0.765 bits per heavy atom. The molecular weight excluding hydrogens is 709 g/mol. The maximum absolute atomic E-state index is 11.4. The van der Waals surface area contributed by atoms with E-state index in [1.54, 1.807) is 24.3 Å². The van der Waals surface area contributed by atoms with E-state index in [1.807, 2.05) is 0 Å². The van der Waals surface area contributed by atoms with Crippen LogP contribution in [-0.2, 0) is 24.0 Å². The van der Waals surface area contributed by atoms with Crippen LogP contribution in [0.25, 0.3) is 0 Å². The van der Waals surface area contributed by atoms with Gasteiger partial charge in [0.15, 0.2) is 0 Å². The predicted octanol–water partition coefficient (Wildman–Crippen LogP) is 1.51. The molecule has 2 heterocycles. The fourth-order valence-corrected chi connectivity index (χ4v) is 3.17. The maximum atomic E-state index is 11.4. The minimum Gasteiger partial charge on any atom is -2.00 e. The van der Waals surface area contributed by atoms with Crippen molar-refractivity contribution in [2.24, 2.45) is 9.98 Å². The number of benzene rings is 2. The molecule has 0 amide bonds. The quantitative estimate of drug-likeness (QED) is 0.178. The third kappa shape index (κ3) is 8.90. The summed E-state index contributed by atoms with van der Waals surface area (Å²) in [5, 5.41) is 35.2. The van der Waals surface area contributed by atoms with Gasteiger partial charge in [0.1, 0.15) is 0 Å². The van der Waals surface area contributed by atoms with Gasteiger partial charge in [-0.25, -0.2) is 20.2 Å². The van der Waals surface area contributed by atoms with Crippen molar-refractivity contribution >= 4 is 81.4 Å². The van der Waals surface area contributed by atoms with E-state index in [0.717, 1.165) is 7.14 Å². The molecule has 0 aliphatic heterocycles. The van der Waals surface area contributed by atoms with E-state index in [2.05, 4.69) is 85.5 Å². The van der Waals surface area contributed by atoms with E-state index < -0.39 is 0 Å². The van der Waals surface area contributed by atoms with Crippen LogP contribution in [-0.4, -0.2) is 42.8 Å². The molecule has 1 radical (unpaired) electrons. The van der Waals surface area contributed by atoms with E-state index in [0.29, 0.717) is 11.1 Å². The normalized spacial score (nSPS) is 10.4. The summed E-state index contributed by atoms with van der Waals surface area (Å²) < 4.78 is 1.93. The first kappa shape index (κ1) is 29.3. The van der Waals surface area contributed by atoms with Gasteiger partial charge in [-0.2, -0.15) is 9.97 Å². The van der Waals surface area contributed by atoms with Crippen molar-refractivity contribution in [1.82, 2.24) is 30.4 Å². The first-order chi connectivity index (χ1) is 15.3. The Bertz CT molecular complexity index is 1180. The molecule has 6 N–H and O–H groups in total. The van der Waals surface area contributed by atoms with Crippen molar-refractivity contribution in [2.75, 3.05) is 11.5 Å². The SMILES string of the molecule is Nc1nc(/N=C/c2cc(I)ccc2[O-])n[nH]1.Nc1nc(/N=C/c2cc(I)ccc2[O-])n[nH]1.[O-2].[V+4]. The molecule has 0 spiro atoms. The summed E-state index contributed by atoms with van der Waals surface area (Å²) in [5.74, 6) is 0.612. The van der Waals surface area contributed by atoms with Gasteiger partial charge in [0.05, 0.1) is 0 Å². The zero-order valence-electron chi connectivity index (χ0n) is 16.9. The van der Waals surface area contributed by atoms with Gasteiger partial charge in [-0.15, -0.1) is 10.2 Å². The predicted molar refractivity (Wildman–Crippen MR) is 134 cm³/mol. The summed E-state index contributed by atoms with van der Waals surface area (Å²) in [6.07, 6.45) is 2.85. The van der Waals surface area contributed by atoms with E-state index in [4.69, 9.17) is 11.5 Å². The summed E-state index contributed by atoms with van der Waals surface area (Å²) in [7, 11) is 0. The third-order valence-electron chi connectivity index (χ3n) is 3.56. The molecule has 2 aromatic carbocycles. The van der Waals surface area contributed by atoms with Crippen LogP contribution in [0.5, 0.6) is 11.5 Å². The average Bonchev–Trinajstić information content (AvgIpc) is 3.37. The first-order valence-electron chi connectivity index (χ1n) is 8.67. The zero-order chi connectivity index (χ0) is 23.1. The van der Waals surface area contributed by atoms with Gasteiger partial charge in [0.2, 0.25) is 11.9 Å². The number of nitrogens with one attached hydrogen (secondary N) is 2. The number of anilines is 2. The Morgan fingerprint density at radius 2 is 1.15 bits per heavy atom. The number of hydrogen-bond donors (Lipinski definition) is 4. The number of aromatic amines is 2. The van der Waals surface area contributed by atoms with Crippen LogP contribution >= 0.6 is 45.2 Å². The minimum absolute atomic E-state index is 0. The molecule has 4 rings (SSSR count). The monoisotopic (exact) mass is 723 g/mol. The van der Waals surface area contributed by atoms with Crippen LogP contribution in [0.15, 0.2) is 46.4 Å². The summed E-state index contributed by atoms with van der Waals surface area (Å²) in [4.78, 5) is 15.4. The summed E-state index contributed by atoms with van der Waals surface area (Å²) in [5.41, 5.74) is 11.7. The third-order valence-corrected chi connectivity index (χ3v) is 4.91. The zero-order valence-corrected chi connectivity index (χ0v) is 22.6. The Morgan fingerprint density at radius 3 is 1.47 bits per heavy atom. The fraction of sp³-hybridized carbons (Fsp3) is 0. The molecule has 34 heavy (non-hydrogen) atoms. The van der Waals surface area contributed by atoms with Gasteiger partial charge >= 0.3 is 18.6 Å². The van der Waals surface area contributed by atoms with E-state index in [9.17, 15) is 10.2 Å². The van der Waals surface area contributed by atoms with Crippen molar-refractivity contribution < 1.29 is 34.2 Å². The molecule has 4 aromatic rings. The molecule has 0 bridgehead atoms. The number of nitrogen functional groups attached to an aromatic ring is 2. The molecule has 0 aliphatic rings. The van der Waals surface area contributed by atoms with Gasteiger partial charge in [0, 0.05) is 19.6 Å². The molecular formula is C18H14I2N10O3V. The largest absolute Gasteiger partial charge is 4.00 e. The second-order valence-electron chi connectivity index (χ2n) is 5.92. The van der Waals surface area contributed by atoms with Gasteiger partial charge in [-0.1, -0.05) is 23.6 Å². The van der Waals surface area contributed by atoms with Gasteiger partial charge in [0.25, 0.3) is 11.9 Å². The average molecular weight is 723 g/mol. The van der Waals surface area contributed by atoms with Crippen molar-refractivity contribution in [2.45, 2.75) is 0 Å². The van der Waals surface area contributed by atoms with Crippen molar-refractivity contribution in [3.63, 3.8) is 0 Å². The molecule has 0 saturated carbocycles. The molecule has 2 aromatic heterocycles. The van der Waals surface area contributed by atoms with Crippen molar-refractivity contribution in [3.8, 4) is 11.5 Å². The number of aliphatic imine (C=N–C) groups is 2. The van der Waals surface area contributed by atoms with Crippen LogP contribution in [0.2, 0.25) is 0 Å². The minimum atomic E-state index is -0.0901. The van der Waals surface area contributed by atoms with Crippen molar-refractivity contribution in [3.05, 3.63) is 54.7 Å². The molecule has 0 aliphatic carbocycles. The summed E-state index contributed by atoms with van der Waals surface area (Å²) in [6, 6.07) is 9.95. The number of hydrogen-bond acceptors (Lipinski definition) is 10. The summed E-state index contributed by atoms with van der Waals surface area (Å²) >= 11 is 4.25. The van der Waals surface area contributed by atoms with Crippen LogP contribution in [0.4, 0.5) is 23.8 Å². The molecule has 13 nitrogen and oxygen atoms in total. The van der Waals surface area contributed by atoms with Crippen LogP contribution in [0.1, 0.15) is 11.1 Å². The number of nitrogens with two attached hydrogens (primary N) is 2. The van der Waals surface area contributed by atoms with E-state index in [1.165, 1.54) is 24.6 Å². The van der Waals surface area contributed by atoms with Gasteiger partial charge in [-0.3, -0.25) is 0 Å². The second-order valence-corrected chi connectivity index (χ2v) is 8.41. The van der Waals surface area contributed by atoms with E-state index in [-0.39, 0.29) is 59.3 Å². The Kier molecular flexibility index (Phi) is 11.9. The number of halogens is 2. The molecule has 173 valence electrons. The van der Waals surface area contributed by atoms with E-state index >= 15 is 0 Å². The topological polar surface area (TPSA) is 235 Å². The number of H-pyrrole nitrogens is 2. The smallest absolute Gasteiger partial charge is 2.00 e. The van der Waals surface area contributed by atoms with Crippen molar-refractivity contribution in [1.29, 1.82) is 0 Å². The van der Waals surface area contributed by atoms with Gasteiger partial charge in [-0.05, 0) is 80.6 Å². The second kappa shape index (κ2) is 13.8. The standard InChI is InChI=1S/2C9H8IN5O.O.V/c2*10-6-1-2-7(16)5(3-6)4-12-9-13-8(11)14-15-9;;/h2*1-4,16H,(H3,11,13,14,15);;/q;;-2;+4/p-2/b2*12-4+;;. The molecule has 0 fully saturated rings.